The van der Waals surface area contributed by atoms with Gasteiger partial charge in [0.15, 0.2) is 4.34 Å². The number of aromatic nitrogens is 3. The number of benzene rings is 1. The zero-order valence-electron chi connectivity index (χ0n) is 11.1. The minimum Gasteiger partial charge on any atom is -0.481 e. The summed E-state index contributed by atoms with van der Waals surface area (Å²) >= 11 is 2.80. The van der Waals surface area contributed by atoms with Crippen LogP contribution in [0.25, 0.3) is 11.0 Å². The fourth-order valence-corrected chi connectivity index (χ4v) is 3.94. The van der Waals surface area contributed by atoms with Crippen LogP contribution < -0.4 is 0 Å². The summed E-state index contributed by atoms with van der Waals surface area (Å²) in [6, 6.07) is 7.67. The molecule has 0 bridgehead atoms. The Balaban J connectivity index is 1.86. The molecule has 1 aromatic carbocycles. The third-order valence-corrected chi connectivity index (χ3v) is 4.93. The summed E-state index contributed by atoms with van der Waals surface area (Å²) in [6.45, 7) is 1.82. The minimum atomic E-state index is -0.844. The van der Waals surface area contributed by atoms with E-state index >= 15 is 0 Å². The topological polar surface area (TPSA) is 76.0 Å². The lowest BCUT2D eigenvalue weighted by atomic mass is 10.3. The molecule has 21 heavy (non-hydrogen) atoms. The average Bonchev–Trinajstić information content (AvgIpc) is 2.78. The number of para-hydroxylation sites is 2. The van der Waals surface area contributed by atoms with Gasteiger partial charge in [0.25, 0.3) is 0 Å². The molecule has 0 saturated heterocycles. The Hall–Kier alpha value is -1.99. The van der Waals surface area contributed by atoms with Gasteiger partial charge < -0.3 is 5.11 Å². The molecular weight excluding hydrogens is 306 g/mol. The number of aryl methyl sites for hydroxylation is 1. The molecule has 3 aromatic rings. The summed E-state index contributed by atoms with van der Waals surface area (Å²) < 4.78 is 0.785. The zero-order valence-corrected chi connectivity index (χ0v) is 12.7. The molecule has 0 aliphatic carbocycles. The Morgan fingerprint density at radius 2 is 2.05 bits per heavy atom. The molecule has 0 saturated carbocycles. The van der Waals surface area contributed by atoms with E-state index in [0.717, 1.165) is 31.0 Å². The number of rotatable bonds is 4. The molecule has 3 rings (SSSR count). The molecule has 0 aliphatic heterocycles. The first-order chi connectivity index (χ1) is 10.1. The van der Waals surface area contributed by atoms with Gasteiger partial charge in [-0.05, 0) is 30.8 Å². The highest BCUT2D eigenvalue weighted by Gasteiger charge is 2.12. The smallest absolute Gasteiger partial charge is 0.308 e. The van der Waals surface area contributed by atoms with E-state index in [0.29, 0.717) is 0 Å². The second-order valence-electron chi connectivity index (χ2n) is 4.36. The number of carbonyl (C=O) groups is 1. The van der Waals surface area contributed by atoms with Crippen molar-refractivity contribution in [2.75, 3.05) is 0 Å². The first-order valence-corrected chi connectivity index (χ1v) is 7.83. The van der Waals surface area contributed by atoms with Crippen molar-refractivity contribution in [1.82, 2.24) is 15.0 Å². The van der Waals surface area contributed by atoms with E-state index in [1.54, 1.807) is 6.20 Å². The number of aliphatic carboxylic acids is 1. The van der Waals surface area contributed by atoms with E-state index in [4.69, 9.17) is 5.11 Å². The highest BCUT2D eigenvalue weighted by atomic mass is 32.2. The van der Waals surface area contributed by atoms with Gasteiger partial charge in [0.1, 0.15) is 5.03 Å². The largest absolute Gasteiger partial charge is 0.481 e. The number of hydrogen-bond donors (Lipinski definition) is 1. The third kappa shape index (κ3) is 3.20. The van der Waals surface area contributed by atoms with Crippen molar-refractivity contribution in [3.8, 4) is 0 Å². The number of nitrogens with zero attached hydrogens (tertiary/aromatic N) is 3. The molecule has 0 unspecified atom stereocenters. The summed E-state index contributed by atoms with van der Waals surface area (Å²) in [5.41, 5.74) is 2.45. The molecule has 106 valence electrons. The standard InChI is InChI=1S/C14H11N3O2S2/c1-8-11(6-13(18)19)20-14(16-8)21-12-7-15-9-4-2-3-5-10(9)17-12/h2-5,7H,6H2,1H3,(H,18,19). The highest BCUT2D eigenvalue weighted by molar-refractivity contribution is 8.01. The predicted molar refractivity (Wildman–Crippen MR) is 81.9 cm³/mol. The maximum absolute atomic E-state index is 10.8. The molecule has 5 nitrogen and oxygen atoms in total. The van der Waals surface area contributed by atoms with Gasteiger partial charge in [-0.15, -0.1) is 11.3 Å². The maximum Gasteiger partial charge on any atom is 0.308 e. The van der Waals surface area contributed by atoms with Crippen LogP contribution in [0.4, 0.5) is 0 Å². The van der Waals surface area contributed by atoms with Crippen molar-refractivity contribution in [2.24, 2.45) is 0 Å². The van der Waals surface area contributed by atoms with E-state index in [1.807, 2.05) is 31.2 Å². The van der Waals surface area contributed by atoms with Crippen LogP contribution in [0.5, 0.6) is 0 Å². The minimum absolute atomic E-state index is 0.00740. The highest BCUT2D eigenvalue weighted by Crippen LogP contribution is 2.32. The monoisotopic (exact) mass is 317 g/mol. The summed E-state index contributed by atoms with van der Waals surface area (Å²) in [5, 5.41) is 9.61. The van der Waals surface area contributed by atoms with E-state index in [9.17, 15) is 4.79 Å². The summed E-state index contributed by atoms with van der Waals surface area (Å²) in [5.74, 6) is -0.844. The molecule has 0 radical (unpaired) electrons. The predicted octanol–water partition coefficient (Wildman–Crippen LogP) is 3.17. The Kier molecular flexibility index (Phi) is 3.85. The van der Waals surface area contributed by atoms with Crippen LogP contribution in [-0.2, 0) is 11.2 Å². The van der Waals surface area contributed by atoms with E-state index < -0.39 is 5.97 Å². The normalized spacial score (nSPS) is 10.9. The molecule has 2 heterocycles. The lowest BCUT2D eigenvalue weighted by Crippen LogP contribution is -1.99. The number of carboxylic acids is 1. The number of fused-ring (bicyclic) bond motifs is 1. The Morgan fingerprint density at radius 3 is 2.81 bits per heavy atom. The van der Waals surface area contributed by atoms with Gasteiger partial charge in [-0.3, -0.25) is 9.78 Å². The SMILES string of the molecule is Cc1nc(Sc2cnc3ccccc3n2)sc1CC(=O)O. The first kappa shape index (κ1) is 14.0. The van der Waals surface area contributed by atoms with Gasteiger partial charge in [-0.1, -0.05) is 12.1 Å². The van der Waals surface area contributed by atoms with Crippen LogP contribution in [0.15, 0.2) is 39.8 Å². The lowest BCUT2D eigenvalue weighted by Gasteiger charge is -1.99. The van der Waals surface area contributed by atoms with Crippen LogP contribution >= 0.6 is 23.1 Å². The lowest BCUT2D eigenvalue weighted by molar-refractivity contribution is -0.136. The molecule has 1 N–H and O–H groups in total. The first-order valence-electron chi connectivity index (χ1n) is 6.19. The molecule has 0 spiro atoms. The van der Waals surface area contributed by atoms with E-state index in [1.165, 1.54) is 23.1 Å². The van der Waals surface area contributed by atoms with Crippen LogP contribution in [0.1, 0.15) is 10.6 Å². The third-order valence-electron chi connectivity index (χ3n) is 2.80. The number of thiazole rings is 1. The Labute approximate surface area is 129 Å². The number of hydrogen-bond acceptors (Lipinski definition) is 6. The molecule has 0 aliphatic rings. The zero-order chi connectivity index (χ0) is 14.8. The van der Waals surface area contributed by atoms with Gasteiger partial charge in [0.2, 0.25) is 0 Å². The molecular formula is C14H11N3O2S2. The van der Waals surface area contributed by atoms with Gasteiger partial charge >= 0.3 is 5.97 Å². The quantitative estimate of drug-likeness (QED) is 0.796. The fraction of sp³-hybridized carbons (Fsp3) is 0.143. The second-order valence-corrected chi connectivity index (χ2v) is 6.71. The van der Waals surface area contributed by atoms with Crippen LogP contribution in [0.2, 0.25) is 0 Å². The Bertz CT molecular complexity index is 817. The molecule has 0 amide bonds. The van der Waals surface area contributed by atoms with Crippen molar-refractivity contribution in [3.63, 3.8) is 0 Å². The second kappa shape index (κ2) is 5.79. The van der Waals surface area contributed by atoms with Crippen LogP contribution in [-0.4, -0.2) is 26.0 Å². The molecule has 0 fully saturated rings. The Morgan fingerprint density at radius 1 is 1.29 bits per heavy atom. The average molecular weight is 317 g/mol. The fourth-order valence-electron chi connectivity index (χ4n) is 1.83. The summed E-state index contributed by atoms with van der Waals surface area (Å²) in [7, 11) is 0. The van der Waals surface area contributed by atoms with Gasteiger partial charge in [0, 0.05) is 4.88 Å². The van der Waals surface area contributed by atoms with Crippen molar-refractivity contribution in [1.29, 1.82) is 0 Å². The van der Waals surface area contributed by atoms with Crippen molar-refractivity contribution >= 4 is 40.1 Å². The van der Waals surface area contributed by atoms with Crippen LogP contribution in [0.3, 0.4) is 0 Å². The maximum atomic E-state index is 10.8. The molecule has 2 aromatic heterocycles. The van der Waals surface area contributed by atoms with E-state index in [-0.39, 0.29) is 6.42 Å². The van der Waals surface area contributed by atoms with Crippen LogP contribution in [0, 0.1) is 6.92 Å². The van der Waals surface area contributed by atoms with Crippen molar-refractivity contribution in [3.05, 3.63) is 41.0 Å². The molecule has 7 heteroatoms. The summed E-state index contributed by atoms with van der Waals surface area (Å²) in [6.07, 6.45) is 1.72. The van der Waals surface area contributed by atoms with Gasteiger partial charge in [-0.2, -0.15) is 0 Å². The van der Waals surface area contributed by atoms with Gasteiger partial charge in [-0.25, -0.2) is 9.97 Å². The summed E-state index contributed by atoms with van der Waals surface area (Å²) in [4.78, 5) is 24.8. The van der Waals surface area contributed by atoms with Crippen molar-refractivity contribution < 1.29 is 9.90 Å². The molecule has 0 atom stereocenters. The van der Waals surface area contributed by atoms with Gasteiger partial charge in [0.05, 0.1) is 29.3 Å². The number of carboxylic acid groups (broad SMARTS) is 1. The van der Waals surface area contributed by atoms with E-state index in [2.05, 4.69) is 15.0 Å². The van der Waals surface area contributed by atoms with Crippen molar-refractivity contribution in [2.45, 2.75) is 22.7 Å².